The Balaban J connectivity index is 5.49. The van der Waals surface area contributed by atoms with E-state index >= 15 is 0 Å². The molecule has 9 amide bonds. The van der Waals surface area contributed by atoms with Gasteiger partial charge in [-0.3, -0.25) is 67.1 Å². The maximum atomic E-state index is 13.0. The summed E-state index contributed by atoms with van der Waals surface area (Å²) in [5, 5.41) is 55.9. The minimum Gasteiger partial charge on any atom is -0.481 e. The highest BCUT2D eigenvalue weighted by atomic mass is 16.5. The molecule has 0 aromatic carbocycles. The third-order valence-corrected chi connectivity index (χ3v) is 7.95. The van der Waals surface area contributed by atoms with Crippen LogP contribution in [0.25, 0.3) is 0 Å². The predicted octanol–water partition coefficient (Wildman–Crippen LogP) is -7.47. The summed E-state index contributed by atoms with van der Waals surface area (Å²) in [6.07, 6.45) is -4.42. The number of carboxylic acids is 4. The zero-order chi connectivity index (χ0) is 48.8. The Bertz CT molecular complexity index is 1730. The van der Waals surface area contributed by atoms with Crippen molar-refractivity contribution in [1.29, 1.82) is 0 Å². The fourth-order valence-electron chi connectivity index (χ4n) is 4.84. The predicted molar refractivity (Wildman–Crippen MR) is 211 cm³/mol. The average molecular weight is 919 g/mol. The zero-order valence-corrected chi connectivity index (χ0v) is 34.6. The molecule has 0 aromatic heterocycles. The first-order chi connectivity index (χ1) is 30.0. The van der Waals surface area contributed by atoms with Crippen molar-refractivity contribution in [2.45, 2.75) is 82.5 Å². The van der Waals surface area contributed by atoms with Crippen LogP contribution in [0.5, 0.6) is 0 Å². The van der Waals surface area contributed by atoms with Crippen molar-refractivity contribution < 1.29 is 92.3 Å². The van der Waals surface area contributed by atoms with Crippen LogP contribution in [0, 0.1) is 0 Å². The van der Waals surface area contributed by atoms with Gasteiger partial charge in [-0.25, -0.2) is 0 Å². The molecule has 358 valence electrons. The Kier molecular flexibility index (Phi) is 27.9. The van der Waals surface area contributed by atoms with Gasteiger partial charge in [-0.2, -0.15) is 0 Å². The van der Waals surface area contributed by atoms with Gasteiger partial charge in [-0.15, -0.1) is 0 Å². The minimum absolute atomic E-state index is 0.00712. The number of amides is 9. The first-order valence-electron chi connectivity index (χ1n) is 19.2. The number of carbonyl (C=O) groups excluding carboxylic acids is 10. The van der Waals surface area contributed by atoms with Crippen molar-refractivity contribution in [3.63, 3.8) is 0 Å². The number of aliphatic carboxylic acids is 4. The number of ketones is 1. The Morgan fingerprint density at radius 2 is 0.719 bits per heavy atom. The molecular weight excluding hydrogens is 864 g/mol. The molecule has 0 aromatic rings. The van der Waals surface area contributed by atoms with Crippen molar-refractivity contribution in [2.75, 3.05) is 52.5 Å². The molecule has 15 N–H and O–H groups in total. The molecule has 29 heteroatoms. The molecule has 4 atom stereocenters. The average Bonchev–Trinajstić information content (AvgIpc) is 3.22. The number of nitrogens with two attached hydrogens (primary N) is 1. The lowest BCUT2D eigenvalue weighted by atomic mass is 10.1. The van der Waals surface area contributed by atoms with E-state index in [0.717, 1.165) is 0 Å². The molecule has 0 saturated heterocycles. The SMILES string of the molecule is CC(=O)COCCNC(=O)CNC(=O)[C@@H](CCC(=O)O)NC(=O)CNC(=O)[C@@H](CCC(=O)O)NC(=O)CNC(=O)[C@@H](CCC(=O)O)NC(=O)CNC(=O)[C@@H](CCC(=O)O)NC(=O)CN. The first-order valence-corrected chi connectivity index (χ1v) is 19.2. The van der Waals surface area contributed by atoms with Crippen LogP contribution in [0.1, 0.15) is 58.3 Å². The summed E-state index contributed by atoms with van der Waals surface area (Å²) in [7, 11) is 0. The van der Waals surface area contributed by atoms with E-state index in [1.54, 1.807) is 0 Å². The molecule has 0 heterocycles. The van der Waals surface area contributed by atoms with Crippen molar-refractivity contribution in [1.82, 2.24) is 47.9 Å². The van der Waals surface area contributed by atoms with Gasteiger partial charge in [0.05, 0.1) is 39.3 Å². The van der Waals surface area contributed by atoms with Crippen molar-refractivity contribution >= 4 is 82.8 Å². The summed E-state index contributed by atoms with van der Waals surface area (Å²) in [5.74, 6) is -14.6. The number of nitrogens with one attached hydrogen (secondary N) is 9. The van der Waals surface area contributed by atoms with Gasteiger partial charge in [0, 0.05) is 32.2 Å². The lowest BCUT2D eigenvalue weighted by Gasteiger charge is -2.21. The molecule has 0 radical (unpaired) electrons. The largest absolute Gasteiger partial charge is 0.481 e. The number of hydrogen-bond donors (Lipinski definition) is 14. The second-order valence-electron chi connectivity index (χ2n) is 13.4. The van der Waals surface area contributed by atoms with Crippen LogP contribution in [0.3, 0.4) is 0 Å². The van der Waals surface area contributed by atoms with Crippen LogP contribution in [-0.2, 0) is 71.9 Å². The van der Waals surface area contributed by atoms with E-state index in [-0.39, 0.29) is 32.0 Å². The molecule has 0 aliphatic carbocycles. The molecule has 29 nitrogen and oxygen atoms in total. The van der Waals surface area contributed by atoms with Gasteiger partial charge in [0.1, 0.15) is 30.8 Å². The van der Waals surface area contributed by atoms with E-state index in [4.69, 9.17) is 30.9 Å². The van der Waals surface area contributed by atoms with Gasteiger partial charge < -0.3 is 78.7 Å². The monoisotopic (exact) mass is 918 g/mol. The van der Waals surface area contributed by atoms with Crippen molar-refractivity contribution in [2.24, 2.45) is 5.73 Å². The number of carboxylic acid groups (broad SMARTS) is 4. The van der Waals surface area contributed by atoms with Gasteiger partial charge in [-0.05, 0) is 32.6 Å². The second-order valence-corrected chi connectivity index (χ2v) is 13.4. The zero-order valence-electron chi connectivity index (χ0n) is 34.6. The highest BCUT2D eigenvalue weighted by molar-refractivity contribution is 5.96. The fourth-order valence-corrected chi connectivity index (χ4v) is 4.84. The van der Waals surface area contributed by atoms with Crippen LogP contribution in [-0.4, -0.2) is 180 Å². The molecular formula is C35H54N10O19. The fraction of sp³-hybridized carbons (Fsp3) is 0.600. The summed E-state index contributed by atoms with van der Waals surface area (Å²) in [4.78, 5) is 168. The summed E-state index contributed by atoms with van der Waals surface area (Å²) in [6, 6.07) is -6.19. The third-order valence-electron chi connectivity index (χ3n) is 7.95. The molecule has 0 saturated carbocycles. The number of ether oxygens (including phenoxy) is 1. The molecule has 64 heavy (non-hydrogen) atoms. The highest BCUT2D eigenvalue weighted by Gasteiger charge is 2.28. The normalized spacial score (nSPS) is 12.3. The first kappa shape index (κ1) is 56.7. The van der Waals surface area contributed by atoms with E-state index < -0.39 is 179 Å². The molecule has 0 spiro atoms. The summed E-state index contributed by atoms with van der Waals surface area (Å²) >= 11 is 0. The Morgan fingerprint density at radius 1 is 0.438 bits per heavy atom. The quantitative estimate of drug-likeness (QED) is 0.0267. The Hall–Kier alpha value is -7.30. The van der Waals surface area contributed by atoms with E-state index in [1.807, 2.05) is 0 Å². The van der Waals surface area contributed by atoms with Gasteiger partial charge in [-0.1, -0.05) is 0 Å². The molecule has 0 aliphatic rings. The molecule has 0 unspecified atom stereocenters. The maximum absolute atomic E-state index is 13.0. The lowest BCUT2D eigenvalue weighted by molar-refractivity contribution is -0.139. The molecule has 0 fully saturated rings. The minimum atomic E-state index is -1.65. The second kappa shape index (κ2) is 31.5. The van der Waals surface area contributed by atoms with E-state index in [0.29, 0.717) is 0 Å². The summed E-state index contributed by atoms with van der Waals surface area (Å²) in [5.41, 5.74) is 5.20. The van der Waals surface area contributed by atoms with E-state index in [2.05, 4.69) is 47.9 Å². The van der Waals surface area contributed by atoms with Crippen LogP contribution in [0.15, 0.2) is 0 Å². The van der Waals surface area contributed by atoms with Crippen LogP contribution in [0.4, 0.5) is 0 Å². The summed E-state index contributed by atoms with van der Waals surface area (Å²) < 4.78 is 4.99. The molecule has 0 bridgehead atoms. The van der Waals surface area contributed by atoms with E-state index in [9.17, 15) is 67.1 Å². The van der Waals surface area contributed by atoms with Gasteiger partial charge in [0.15, 0.2) is 5.78 Å². The smallest absolute Gasteiger partial charge is 0.303 e. The van der Waals surface area contributed by atoms with Crippen molar-refractivity contribution in [3.05, 3.63) is 0 Å². The van der Waals surface area contributed by atoms with Gasteiger partial charge in [0.2, 0.25) is 53.2 Å². The van der Waals surface area contributed by atoms with Gasteiger partial charge in [0.25, 0.3) is 0 Å². The number of Topliss-reactive ketones (excluding diaryl/α,β-unsaturated/α-hetero) is 1. The molecule has 0 rings (SSSR count). The Morgan fingerprint density at radius 3 is 0.984 bits per heavy atom. The van der Waals surface area contributed by atoms with Gasteiger partial charge >= 0.3 is 23.9 Å². The number of carbonyl (C=O) groups is 14. The van der Waals surface area contributed by atoms with E-state index in [1.165, 1.54) is 6.92 Å². The van der Waals surface area contributed by atoms with Crippen LogP contribution < -0.4 is 53.6 Å². The highest BCUT2D eigenvalue weighted by Crippen LogP contribution is 2.03. The van der Waals surface area contributed by atoms with Crippen LogP contribution >= 0.6 is 0 Å². The lowest BCUT2D eigenvalue weighted by Crippen LogP contribution is -2.55. The van der Waals surface area contributed by atoms with Crippen molar-refractivity contribution in [3.8, 4) is 0 Å². The topological polar surface area (TPSA) is 463 Å². The number of rotatable bonds is 34. The Labute approximate surface area is 363 Å². The standard InChI is InChI=1S/C35H54N10O19/c1-18(46)17-64-11-10-37-24(48)13-38-33(61)20(3-7-29(54)55)43-26(50)15-40-35(63)22(5-9-31(58)59)45-27(51)16-41-34(62)21(4-8-30(56)57)44-25(49)14-39-32(60)19(2-6-28(52)53)42-23(47)12-36/h19-22H,2-17,36H2,1H3,(H,37,48)(H,38,61)(H,39,60)(H,40,63)(H,41,62)(H,42,47)(H,43,50)(H,44,49)(H,45,51)(H,52,53)(H,54,55)(H,56,57)(H,58,59)/t19-,20-,21-,22-/m1/s1. The third kappa shape index (κ3) is 28.3. The van der Waals surface area contributed by atoms with Crippen LogP contribution in [0.2, 0.25) is 0 Å². The number of hydrogen-bond acceptors (Lipinski definition) is 16. The molecule has 0 aliphatic heterocycles. The maximum Gasteiger partial charge on any atom is 0.303 e. The summed E-state index contributed by atoms with van der Waals surface area (Å²) in [6.45, 7) is -2.67.